The maximum atomic E-state index is 14.0. The molecule has 0 radical (unpaired) electrons. The van der Waals surface area contributed by atoms with Gasteiger partial charge in [-0.2, -0.15) is 0 Å². The highest BCUT2D eigenvalue weighted by Gasteiger charge is 2.30. The smallest absolute Gasteiger partial charge is 0.230 e. The molecule has 1 saturated heterocycles. The molecule has 0 spiro atoms. The van der Waals surface area contributed by atoms with E-state index in [1.54, 1.807) is 6.07 Å². The third-order valence-electron chi connectivity index (χ3n) is 5.14. The van der Waals surface area contributed by atoms with Gasteiger partial charge in [-0.05, 0) is 25.8 Å². The van der Waals surface area contributed by atoms with Gasteiger partial charge in [-0.25, -0.2) is 8.78 Å². The predicted molar refractivity (Wildman–Crippen MR) is 87.9 cm³/mol. The summed E-state index contributed by atoms with van der Waals surface area (Å²) in [5, 5.41) is 8.25. The monoisotopic (exact) mass is 348 g/mol. The van der Waals surface area contributed by atoms with Gasteiger partial charge in [0.1, 0.15) is 11.6 Å². The van der Waals surface area contributed by atoms with Crippen molar-refractivity contribution in [1.29, 1.82) is 0 Å². The van der Waals surface area contributed by atoms with Crippen molar-refractivity contribution in [3.63, 3.8) is 0 Å². The van der Waals surface area contributed by atoms with Gasteiger partial charge in [-0.15, -0.1) is 10.2 Å². The molecule has 0 bridgehead atoms. The molecule has 1 aliphatic carbocycles. The van der Waals surface area contributed by atoms with E-state index in [-0.39, 0.29) is 6.04 Å². The molecule has 1 saturated carbocycles. The van der Waals surface area contributed by atoms with Gasteiger partial charge in [0.15, 0.2) is 0 Å². The lowest BCUT2D eigenvalue weighted by molar-refractivity contribution is 0.0906. The first-order chi connectivity index (χ1) is 12.1. The summed E-state index contributed by atoms with van der Waals surface area (Å²) in [5.41, 5.74) is 0.542. The number of rotatable bonds is 5. The number of halogens is 2. The number of piperazine rings is 1. The fraction of sp³-hybridized carbons (Fsp3) is 0.556. The van der Waals surface area contributed by atoms with E-state index < -0.39 is 11.6 Å². The van der Waals surface area contributed by atoms with E-state index in [0.717, 1.165) is 51.0 Å². The van der Waals surface area contributed by atoms with Crippen LogP contribution in [0.2, 0.25) is 0 Å². The van der Waals surface area contributed by atoms with Gasteiger partial charge in [-0.3, -0.25) is 9.80 Å². The van der Waals surface area contributed by atoms with Crippen LogP contribution in [0.25, 0.3) is 0 Å². The Bertz CT molecular complexity index is 738. The highest BCUT2D eigenvalue weighted by Crippen LogP contribution is 2.39. The van der Waals surface area contributed by atoms with E-state index >= 15 is 0 Å². The van der Waals surface area contributed by atoms with Gasteiger partial charge in [0.25, 0.3) is 0 Å². The third kappa shape index (κ3) is 3.72. The molecule has 1 atom stereocenters. The number of hydrogen-bond acceptors (Lipinski definition) is 5. The van der Waals surface area contributed by atoms with E-state index in [0.29, 0.717) is 23.9 Å². The summed E-state index contributed by atoms with van der Waals surface area (Å²) in [6.07, 6.45) is 2.30. The van der Waals surface area contributed by atoms with Gasteiger partial charge in [0.05, 0.1) is 6.54 Å². The topological polar surface area (TPSA) is 45.4 Å². The largest absolute Gasteiger partial charge is 0.424 e. The fourth-order valence-corrected chi connectivity index (χ4v) is 3.36. The first-order valence-electron chi connectivity index (χ1n) is 8.84. The second-order valence-electron chi connectivity index (χ2n) is 6.96. The van der Waals surface area contributed by atoms with Crippen molar-refractivity contribution >= 4 is 0 Å². The summed E-state index contributed by atoms with van der Waals surface area (Å²) in [6.45, 7) is 5.98. The summed E-state index contributed by atoms with van der Waals surface area (Å²) in [5.74, 6) is 0.906. The van der Waals surface area contributed by atoms with Crippen molar-refractivity contribution in [3.8, 4) is 0 Å². The lowest BCUT2D eigenvalue weighted by Crippen LogP contribution is -2.46. The Morgan fingerprint density at radius 3 is 2.60 bits per heavy atom. The third-order valence-corrected chi connectivity index (χ3v) is 5.14. The van der Waals surface area contributed by atoms with E-state index in [4.69, 9.17) is 4.42 Å². The van der Waals surface area contributed by atoms with Crippen molar-refractivity contribution in [3.05, 3.63) is 47.2 Å². The van der Waals surface area contributed by atoms with Gasteiger partial charge >= 0.3 is 0 Å². The second-order valence-corrected chi connectivity index (χ2v) is 6.96. The van der Waals surface area contributed by atoms with E-state index in [9.17, 15) is 8.78 Å². The van der Waals surface area contributed by atoms with Crippen LogP contribution in [0.5, 0.6) is 0 Å². The van der Waals surface area contributed by atoms with Crippen molar-refractivity contribution in [1.82, 2.24) is 20.0 Å². The molecule has 0 unspecified atom stereocenters. The molecule has 1 aromatic carbocycles. The van der Waals surface area contributed by atoms with Crippen LogP contribution in [0.4, 0.5) is 8.78 Å². The van der Waals surface area contributed by atoms with Crippen LogP contribution >= 0.6 is 0 Å². The Balaban J connectivity index is 1.32. The van der Waals surface area contributed by atoms with Crippen LogP contribution in [0.3, 0.4) is 0 Å². The standard InChI is InChI=1S/C18H22F2N4O/c1-12(15-5-4-14(19)10-16(15)20)24-8-6-23(7-9-24)11-17-21-22-18(25-17)13-2-3-13/h4-5,10,12-13H,2-3,6-9,11H2,1H3/t12-/m1/s1. The Morgan fingerprint density at radius 1 is 1.16 bits per heavy atom. The molecule has 1 aliphatic heterocycles. The quantitative estimate of drug-likeness (QED) is 0.831. The van der Waals surface area contributed by atoms with E-state index in [2.05, 4.69) is 20.0 Å². The average Bonchev–Trinajstić information content (AvgIpc) is 3.35. The number of hydrogen-bond donors (Lipinski definition) is 0. The predicted octanol–water partition coefficient (Wildman–Crippen LogP) is 3.10. The zero-order chi connectivity index (χ0) is 17.4. The molecule has 2 aliphatic rings. The van der Waals surface area contributed by atoms with Gasteiger partial charge < -0.3 is 4.42 Å². The molecule has 4 rings (SSSR count). The molecule has 7 heteroatoms. The van der Waals surface area contributed by atoms with Crippen LogP contribution in [-0.2, 0) is 6.54 Å². The van der Waals surface area contributed by atoms with Crippen LogP contribution in [-0.4, -0.2) is 46.2 Å². The molecule has 1 aromatic heterocycles. The van der Waals surface area contributed by atoms with E-state index in [1.807, 2.05) is 6.92 Å². The molecule has 5 nitrogen and oxygen atoms in total. The number of benzene rings is 1. The second kappa shape index (κ2) is 6.80. The maximum absolute atomic E-state index is 14.0. The van der Waals surface area contributed by atoms with Crippen molar-refractivity contribution in [2.45, 2.75) is 38.3 Å². The lowest BCUT2D eigenvalue weighted by atomic mass is 10.1. The lowest BCUT2D eigenvalue weighted by Gasteiger charge is -2.37. The minimum Gasteiger partial charge on any atom is -0.424 e. The molecule has 0 amide bonds. The molecule has 2 aromatic rings. The zero-order valence-electron chi connectivity index (χ0n) is 14.3. The molecule has 0 N–H and O–H groups in total. The molecule has 2 heterocycles. The zero-order valence-corrected chi connectivity index (χ0v) is 14.3. The Morgan fingerprint density at radius 2 is 1.92 bits per heavy atom. The maximum Gasteiger partial charge on any atom is 0.230 e. The van der Waals surface area contributed by atoms with Crippen molar-refractivity contribution in [2.24, 2.45) is 0 Å². The van der Waals surface area contributed by atoms with Crippen molar-refractivity contribution in [2.75, 3.05) is 26.2 Å². The summed E-state index contributed by atoms with van der Waals surface area (Å²) >= 11 is 0. The Hall–Kier alpha value is -1.86. The molecular formula is C18H22F2N4O. The SMILES string of the molecule is C[C@H](c1ccc(F)cc1F)N1CCN(Cc2nnc(C3CC3)o2)CC1. The first-order valence-corrected chi connectivity index (χ1v) is 8.84. The summed E-state index contributed by atoms with van der Waals surface area (Å²) in [4.78, 5) is 4.49. The van der Waals surface area contributed by atoms with Crippen LogP contribution in [0, 0.1) is 11.6 Å². The summed E-state index contributed by atoms with van der Waals surface area (Å²) < 4.78 is 32.8. The number of aromatic nitrogens is 2. The minimum absolute atomic E-state index is 0.0763. The van der Waals surface area contributed by atoms with Crippen molar-refractivity contribution < 1.29 is 13.2 Å². The van der Waals surface area contributed by atoms with Gasteiger partial charge in [0.2, 0.25) is 11.8 Å². The summed E-state index contributed by atoms with van der Waals surface area (Å²) in [6, 6.07) is 3.74. The minimum atomic E-state index is -0.539. The summed E-state index contributed by atoms with van der Waals surface area (Å²) in [7, 11) is 0. The highest BCUT2D eigenvalue weighted by molar-refractivity contribution is 5.22. The van der Waals surface area contributed by atoms with Crippen LogP contribution in [0.1, 0.15) is 49.1 Å². The Labute approximate surface area is 145 Å². The average molecular weight is 348 g/mol. The molecule has 134 valence electrons. The molecule has 2 fully saturated rings. The normalized spacial score (nSPS) is 20.8. The number of nitrogens with zero attached hydrogens (tertiary/aromatic N) is 4. The van der Waals surface area contributed by atoms with E-state index in [1.165, 1.54) is 6.07 Å². The van der Waals surface area contributed by atoms with Crippen LogP contribution in [0.15, 0.2) is 22.6 Å². The van der Waals surface area contributed by atoms with Crippen LogP contribution < -0.4 is 0 Å². The molecular weight excluding hydrogens is 326 g/mol. The fourth-order valence-electron chi connectivity index (χ4n) is 3.36. The van der Waals surface area contributed by atoms with Gasteiger partial charge in [-0.1, -0.05) is 6.07 Å². The first kappa shape index (κ1) is 16.6. The molecule has 25 heavy (non-hydrogen) atoms. The highest BCUT2D eigenvalue weighted by atomic mass is 19.1. The van der Waals surface area contributed by atoms with Gasteiger partial charge in [0, 0.05) is 49.8 Å². The Kier molecular flexibility index (Phi) is 4.52.